The van der Waals surface area contributed by atoms with Crippen molar-refractivity contribution >= 4 is 11.7 Å². The number of anilines is 1. The Hall–Kier alpha value is -1.77. The predicted molar refractivity (Wildman–Crippen MR) is 72.1 cm³/mol. The zero-order valence-corrected chi connectivity index (χ0v) is 10.9. The molecule has 0 saturated heterocycles. The lowest BCUT2D eigenvalue weighted by Gasteiger charge is -2.11. The number of rotatable bonds is 3. The van der Waals surface area contributed by atoms with E-state index in [0.29, 0.717) is 0 Å². The van der Waals surface area contributed by atoms with Gasteiger partial charge in [0.1, 0.15) is 0 Å². The molecule has 3 nitrogen and oxygen atoms in total. The van der Waals surface area contributed by atoms with E-state index in [2.05, 4.69) is 17.6 Å². The first-order valence-corrected chi connectivity index (χ1v) is 5.84. The van der Waals surface area contributed by atoms with Gasteiger partial charge in [0.05, 0.1) is 0 Å². The predicted octanol–water partition coefficient (Wildman–Crippen LogP) is 3.74. The topological polar surface area (TPSA) is 41.1 Å². The number of urea groups is 1. The third kappa shape index (κ3) is 3.94. The normalized spacial score (nSPS) is 11.2. The van der Waals surface area contributed by atoms with Gasteiger partial charge in [-0.15, -0.1) is 0 Å². The molecule has 1 aromatic carbocycles. The van der Waals surface area contributed by atoms with Crippen LogP contribution in [0.1, 0.15) is 31.4 Å². The largest absolute Gasteiger partial charge is 0.323 e. The fourth-order valence-electron chi connectivity index (χ4n) is 1.45. The number of aryl methyl sites for hydroxylation is 2. The van der Waals surface area contributed by atoms with Gasteiger partial charge in [0.15, 0.2) is 0 Å². The Kier molecular flexibility index (Phi) is 4.76. The molecule has 0 heterocycles. The molecular formula is C14H20N2O. The van der Waals surface area contributed by atoms with E-state index in [9.17, 15) is 4.79 Å². The van der Waals surface area contributed by atoms with Crippen molar-refractivity contribution < 1.29 is 4.79 Å². The van der Waals surface area contributed by atoms with Crippen LogP contribution in [0.2, 0.25) is 0 Å². The molecule has 0 aliphatic rings. The third-order valence-corrected chi connectivity index (χ3v) is 2.73. The maximum Gasteiger partial charge on any atom is 0.323 e. The first-order valence-electron chi connectivity index (χ1n) is 5.84. The van der Waals surface area contributed by atoms with Crippen LogP contribution in [0, 0.1) is 13.8 Å². The van der Waals surface area contributed by atoms with E-state index in [1.165, 1.54) is 0 Å². The van der Waals surface area contributed by atoms with Crippen molar-refractivity contribution in [2.45, 2.75) is 34.1 Å². The van der Waals surface area contributed by atoms with Crippen molar-refractivity contribution in [3.05, 3.63) is 41.1 Å². The van der Waals surface area contributed by atoms with Gasteiger partial charge in [-0.2, -0.15) is 0 Å². The standard InChI is InChI=1S/C14H20N2O/c1-5-10(2)9-15-14(17)16-13-11(3)7-6-8-12(13)4/h6-9H,5H2,1-4H3,(H2,15,16,17)/b10-9+. The van der Waals surface area contributed by atoms with Gasteiger partial charge < -0.3 is 10.6 Å². The van der Waals surface area contributed by atoms with Gasteiger partial charge in [0.25, 0.3) is 0 Å². The second-order valence-corrected chi connectivity index (χ2v) is 4.21. The van der Waals surface area contributed by atoms with E-state index in [1.807, 2.05) is 39.0 Å². The minimum Gasteiger partial charge on any atom is -0.314 e. The lowest BCUT2D eigenvalue weighted by Crippen LogP contribution is -2.25. The van der Waals surface area contributed by atoms with Crippen LogP contribution in [0.15, 0.2) is 30.0 Å². The van der Waals surface area contributed by atoms with Gasteiger partial charge in [0.2, 0.25) is 0 Å². The van der Waals surface area contributed by atoms with E-state index < -0.39 is 0 Å². The summed E-state index contributed by atoms with van der Waals surface area (Å²) in [6.45, 7) is 8.00. The summed E-state index contributed by atoms with van der Waals surface area (Å²) >= 11 is 0. The molecule has 2 amide bonds. The third-order valence-electron chi connectivity index (χ3n) is 2.73. The second-order valence-electron chi connectivity index (χ2n) is 4.21. The molecule has 0 bridgehead atoms. The fourth-order valence-corrected chi connectivity index (χ4v) is 1.45. The van der Waals surface area contributed by atoms with Crippen molar-refractivity contribution in [1.29, 1.82) is 0 Å². The highest BCUT2D eigenvalue weighted by atomic mass is 16.2. The first kappa shape index (κ1) is 13.3. The van der Waals surface area contributed by atoms with Crippen LogP contribution >= 0.6 is 0 Å². The van der Waals surface area contributed by atoms with Gasteiger partial charge in [0, 0.05) is 11.9 Å². The summed E-state index contributed by atoms with van der Waals surface area (Å²) in [7, 11) is 0. The van der Waals surface area contributed by atoms with Crippen molar-refractivity contribution in [3.8, 4) is 0 Å². The number of carbonyl (C=O) groups excluding carboxylic acids is 1. The Bertz CT molecular complexity index is 416. The Morgan fingerprint density at radius 1 is 1.29 bits per heavy atom. The lowest BCUT2D eigenvalue weighted by atomic mass is 10.1. The number of benzene rings is 1. The van der Waals surface area contributed by atoms with Crippen LogP contribution in [-0.4, -0.2) is 6.03 Å². The molecule has 0 spiro atoms. The smallest absolute Gasteiger partial charge is 0.314 e. The molecule has 0 atom stereocenters. The summed E-state index contributed by atoms with van der Waals surface area (Å²) in [5.41, 5.74) is 4.15. The Morgan fingerprint density at radius 3 is 2.41 bits per heavy atom. The van der Waals surface area contributed by atoms with Gasteiger partial charge in [-0.1, -0.05) is 30.7 Å². The number of carbonyl (C=O) groups is 1. The quantitative estimate of drug-likeness (QED) is 0.819. The maximum absolute atomic E-state index is 11.7. The average Bonchev–Trinajstić information content (AvgIpc) is 2.31. The summed E-state index contributed by atoms with van der Waals surface area (Å²) in [5.74, 6) is 0. The van der Waals surface area contributed by atoms with Crippen molar-refractivity contribution in [2.24, 2.45) is 0 Å². The van der Waals surface area contributed by atoms with E-state index in [1.54, 1.807) is 6.20 Å². The highest BCUT2D eigenvalue weighted by molar-refractivity contribution is 5.91. The highest BCUT2D eigenvalue weighted by Crippen LogP contribution is 2.18. The molecule has 0 radical (unpaired) electrons. The molecule has 0 aliphatic carbocycles. The molecule has 1 rings (SSSR count). The number of amides is 2. The van der Waals surface area contributed by atoms with Crippen LogP contribution in [0.4, 0.5) is 10.5 Å². The summed E-state index contributed by atoms with van der Waals surface area (Å²) in [5, 5.41) is 5.59. The van der Waals surface area contributed by atoms with E-state index in [0.717, 1.165) is 28.8 Å². The second kappa shape index (κ2) is 6.09. The zero-order chi connectivity index (χ0) is 12.8. The van der Waals surface area contributed by atoms with E-state index in [-0.39, 0.29) is 6.03 Å². The molecule has 0 saturated carbocycles. The van der Waals surface area contributed by atoms with Crippen LogP contribution in [-0.2, 0) is 0 Å². The summed E-state index contributed by atoms with van der Waals surface area (Å²) < 4.78 is 0. The van der Waals surface area contributed by atoms with Crippen molar-refractivity contribution in [2.75, 3.05) is 5.32 Å². The number of para-hydroxylation sites is 1. The highest BCUT2D eigenvalue weighted by Gasteiger charge is 2.05. The van der Waals surface area contributed by atoms with E-state index in [4.69, 9.17) is 0 Å². The number of hydrogen-bond acceptors (Lipinski definition) is 1. The Labute approximate surface area is 103 Å². The van der Waals surface area contributed by atoms with Crippen molar-refractivity contribution in [3.63, 3.8) is 0 Å². The molecule has 0 aromatic heterocycles. The molecular weight excluding hydrogens is 212 g/mol. The fraction of sp³-hybridized carbons (Fsp3) is 0.357. The molecule has 3 heteroatoms. The summed E-state index contributed by atoms with van der Waals surface area (Å²) in [4.78, 5) is 11.7. The minimum atomic E-state index is -0.199. The molecule has 0 fully saturated rings. The average molecular weight is 232 g/mol. The maximum atomic E-state index is 11.7. The molecule has 2 N–H and O–H groups in total. The molecule has 1 aromatic rings. The Morgan fingerprint density at radius 2 is 1.88 bits per heavy atom. The number of nitrogens with one attached hydrogen (secondary N) is 2. The van der Waals surface area contributed by atoms with E-state index >= 15 is 0 Å². The van der Waals surface area contributed by atoms with Gasteiger partial charge in [-0.05, 0) is 38.3 Å². The molecule has 0 aliphatic heterocycles. The van der Waals surface area contributed by atoms with Gasteiger partial charge >= 0.3 is 6.03 Å². The monoisotopic (exact) mass is 232 g/mol. The van der Waals surface area contributed by atoms with Crippen LogP contribution in [0.5, 0.6) is 0 Å². The minimum absolute atomic E-state index is 0.199. The SMILES string of the molecule is CC/C(C)=C/NC(=O)Nc1c(C)cccc1C. The summed E-state index contributed by atoms with van der Waals surface area (Å²) in [6.07, 6.45) is 2.67. The van der Waals surface area contributed by atoms with Gasteiger partial charge in [-0.25, -0.2) is 4.79 Å². The first-order chi connectivity index (χ1) is 8.04. The molecule has 92 valence electrons. The lowest BCUT2D eigenvalue weighted by molar-refractivity contribution is 0.255. The number of allylic oxidation sites excluding steroid dienone is 1. The Balaban J connectivity index is 2.69. The van der Waals surface area contributed by atoms with Crippen molar-refractivity contribution in [1.82, 2.24) is 5.32 Å². The van der Waals surface area contributed by atoms with Crippen LogP contribution in [0.25, 0.3) is 0 Å². The summed E-state index contributed by atoms with van der Waals surface area (Å²) in [6, 6.07) is 5.75. The molecule has 17 heavy (non-hydrogen) atoms. The van der Waals surface area contributed by atoms with Crippen LogP contribution in [0.3, 0.4) is 0 Å². The molecule has 0 unspecified atom stereocenters. The van der Waals surface area contributed by atoms with Crippen LogP contribution < -0.4 is 10.6 Å². The zero-order valence-electron chi connectivity index (χ0n) is 10.9. The number of hydrogen-bond donors (Lipinski definition) is 2. The van der Waals surface area contributed by atoms with Gasteiger partial charge in [-0.3, -0.25) is 0 Å².